The van der Waals surface area contributed by atoms with E-state index in [4.69, 9.17) is 0 Å². The smallest absolute Gasteiger partial charge is 0.408 e. The molecule has 2 aromatic rings. The summed E-state index contributed by atoms with van der Waals surface area (Å²) < 4.78 is 26.7. The van der Waals surface area contributed by atoms with Crippen molar-refractivity contribution in [3.05, 3.63) is 40.3 Å². The fourth-order valence-electron chi connectivity index (χ4n) is 3.92. The first-order valence-corrected chi connectivity index (χ1v) is 10.6. The maximum atomic E-state index is 13.4. The van der Waals surface area contributed by atoms with Gasteiger partial charge in [-0.15, -0.1) is 4.79 Å². The summed E-state index contributed by atoms with van der Waals surface area (Å²) in [5.74, 6) is -3.36. The van der Waals surface area contributed by atoms with Crippen molar-refractivity contribution in [1.29, 1.82) is 0 Å². The van der Waals surface area contributed by atoms with Crippen molar-refractivity contribution in [3.63, 3.8) is 0 Å². The molecule has 1 aliphatic rings. The molecule has 1 aliphatic carbocycles. The normalized spacial score (nSPS) is 16.7. The highest BCUT2D eigenvalue weighted by atomic mass is 19.3. The number of nitrogens with zero attached hydrogens (tertiary/aromatic N) is 3. The quantitative estimate of drug-likeness (QED) is 0.718. The summed E-state index contributed by atoms with van der Waals surface area (Å²) in [5.41, 5.74) is 1.50. The van der Waals surface area contributed by atoms with Crippen LogP contribution in [0.25, 0.3) is 10.8 Å². The van der Waals surface area contributed by atoms with Crippen molar-refractivity contribution in [2.24, 2.45) is 5.92 Å². The van der Waals surface area contributed by atoms with Gasteiger partial charge in [-0.3, -0.25) is 14.5 Å². The van der Waals surface area contributed by atoms with Crippen LogP contribution in [0.1, 0.15) is 58.6 Å². The second kappa shape index (κ2) is 8.84. The van der Waals surface area contributed by atoms with Crippen molar-refractivity contribution < 1.29 is 23.5 Å². The molecule has 0 atom stereocenters. The monoisotopic (exact) mass is 450 g/mol. The van der Waals surface area contributed by atoms with Gasteiger partial charge in [0.05, 0.1) is 17.6 Å². The number of carboxylic acid groups (broad SMARTS) is 1. The second-order valence-electron chi connectivity index (χ2n) is 9.29. The number of aromatic nitrogens is 2. The zero-order valence-electron chi connectivity index (χ0n) is 18.4. The molecule has 8 nitrogen and oxygen atoms in total. The summed E-state index contributed by atoms with van der Waals surface area (Å²) in [5, 5.41) is 14.7. The Labute approximate surface area is 184 Å². The molecular weight excluding hydrogens is 422 g/mol. The van der Waals surface area contributed by atoms with E-state index in [-0.39, 0.29) is 50.0 Å². The molecule has 2 amide bonds. The standard InChI is InChI=1S/C22H28F2N4O4/c1-21(2,3)27(20(31)32)13-17-15-6-4-5-7-16(15)19(30)28(25-17)26-18(29)12-14-8-10-22(23,24)11-9-14/h4-7,14H,8-13H2,1-3H3,(H,26,29)(H,31,32). The minimum absolute atomic E-state index is 0.00953. The Morgan fingerprint density at radius 1 is 1.22 bits per heavy atom. The van der Waals surface area contributed by atoms with Crippen LogP contribution in [0.3, 0.4) is 0 Å². The first-order valence-electron chi connectivity index (χ1n) is 10.6. The van der Waals surface area contributed by atoms with Crippen molar-refractivity contribution in [1.82, 2.24) is 14.8 Å². The summed E-state index contributed by atoms with van der Waals surface area (Å²) in [6.07, 6.45) is -1.15. The first-order chi connectivity index (χ1) is 14.9. The third kappa shape index (κ3) is 5.41. The van der Waals surface area contributed by atoms with Gasteiger partial charge in [0.25, 0.3) is 5.56 Å². The highest BCUT2D eigenvalue weighted by Crippen LogP contribution is 2.37. The van der Waals surface area contributed by atoms with Crippen LogP contribution in [0.2, 0.25) is 0 Å². The average molecular weight is 450 g/mol. The third-order valence-electron chi connectivity index (χ3n) is 5.77. The lowest BCUT2D eigenvalue weighted by Gasteiger charge is -2.33. The summed E-state index contributed by atoms with van der Waals surface area (Å²) in [7, 11) is 0. The van der Waals surface area contributed by atoms with Crippen molar-refractivity contribution in [2.75, 3.05) is 5.43 Å². The van der Waals surface area contributed by atoms with E-state index in [1.54, 1.807) is 45.0 Å². The topological polar surface area (TPSA) is 105 Å². The fourth-order valence-corrected chi connectivity index (χ4v) is 3.92. The number of alkyl halides is 2. The molecule has 10 heteroatoms. The number of hydrogen-bond donors (Lipinski definition) is 2. The van der Waals surface area contributed by atoms with Crippen LogP contribution in [0.15, 0.2) is 29.1 Å². The molecule has 0 unspecified atom stereocenters. The summed E-state index contributed by atoms with van der Waals surface area (Å²) in [6.45, 7) is 5.14. The Kier molecular flexibility index (Phi) is 6.52. The van der Waals surface area contributed by atoms with Crippen LogP contribution in [0.4, 0.5) is 13.6 Å². The number of benzene rings is 1. The van der Waals surface area contributed by atoms with E-state index in [1.807, 2.05) is 0 Å². The van der Waals surface area contributed by atoms with Gasteiger partial charge in [0.2, 0.25) is 11.8 Å². The Bertz CT molecular complexity index is 1070. The molecule has 32 heavy (non-hydrogen) atoms. The van der Waals surface area contributed by atoms with E-state index < -0.39 is 29.0 Å². The van der Waals surface area contributed by atoms with Gasteiger partial charge in [0.1, 0.15) is 0 Å². The van der Waals surface area contributed by atoms with Crippen LogP contribution in [-0.2, 0) is 11.3 Å². The second-order valence-corrected chi connectivity index (χ2v) is 9.29. The molecule has 0 saturated heterocycles. The highest BCUT2D eigenvalue weighted by Gasteiger charge is 2.35. The summed E-state index contributed by atoms with van der Waals surface area (Å²) in [4.78, 5) is 39.2. The molecule has 1 saturated carbocycles. The van der Waals surface area contributed by atoms with Crippen LogP contribution < -0.4 is 11.0 Å². The van der Waals surface area contributed by atoms with E-state index in [0.29, 0.717) is 11.1 Å². The average Bonchev–Trinajstić information content (AvgIpc) is 2.69. The van der Waals surface area contributed by atoms with Gasteiger partial charge < -0.3 is 5.11 Å². The lowest BCUT2D eigenvalue weighted by Crippen LogP contribution is -2.45. The molecular formula is C22H28F2N4O4. The van der Waals surface area contributed by atoms with Crippen molar-refractivity contribution in [3.8, 4) is 0 Å². The van der Waals surface area contributed by atoms with Crippen molar-refractivity contribution >= 4 is 22.8 Å². The van der Waals surface area contributed by atoms with Crippen LogP contribution in [-0.4, -0.2) is 43.4 Å². The Morgan fingerprint density at radius 2 is 1.81 bits per heavy atom. The molecule has 0 spiro atoms. The molecule has 1 aromatic carbocycles. The van der Waals surface area contributed by atoms with Crippen LogP contribution in [0.5, 0.6) is 0 Å². The van der Waals surface area contributed by atoms with Gasteiger partial charge >= 0.3 is 6.09 Å². The SMILES string of the molecule is CC(C)(C)N(Cc1nn(NC(=O)CC2CCC(F)(F)CC2)c(=O)c2ccccc12)C(=O)O. The molecule has 3 rings (SSSR count). The van der Waals surface area contributed by atoms with E-state index in [1.165, 1.54) is 4.90 Å². The van der Waals surface area contributed by atoms with E-state index in [2.05, 4.69) is 10.5 Å². The van der Waals surface area contributed by atoms with Crippen LogP contribution >= 0.6 is 0 Å². The minimum Gasteiger partial charge on any atom is -0.465 e. The van der Waals surface area contributed by atoms with Crippen LogP contribution in [0, 0.1) is 5.92 Å². The predicted molar refractivity (Wildman–Crippen MR) is 115 cm³/mol. The van der Waals surface area contributed by atoms with Gasteiger partial charge in [-0.2, -0.15) is 5.10 Å². The molecule has 174 valence electrons. The number of carbonyl (C=O) groups is 2. The first kappa shape index (κ1) is 23.6. The maximum Gasteiger partial charge on any atom is 0.408 e. The highest BCUT2D eigenvalue weighted by molar-refractivity contribution is 5.86. The molecule has 0 aliphatic heterocycles. The zero-order chi connectivity index (χ0) is 23.7. The molecule has 0 radical (unpaired) electrons. The Hall–Kier alpha value is -3.04. The molecule has 2 N–H and O–H groups in total. The summed E-state index contributed by atoms with van der Waals surface area (Å²) >= 11 is 0. The minimum atomic E-state index is -2.68. The lowest BCUT2D eigenvalue weighted by molar-refractivity contribution is -0.119. The zero-order valence-corrected chi connectivity index (χ0v) is 18.4. The van der Waals surface area contributed by atoms with E-state index in [9.17, 15) is 28.3 Å². The number of fused-ring (bicyclic) bond motifs is 1. The van der Waals surface area contributed by atoms with Crippen molar-refractivity contribution in [2.45, 2.75) is 70.9 Å². The third-order valence-corrected chi connectivity index (χ3v) is 5.77. The van der Waals surface area contributed by atoms with Gasteiger partial charge in [0, 0.05) is 30.2 Å². The number of hydrogen-bond acceptors (Lipinski definition) is 4. The van der Waals surface area contributed by atoms with Gasteiger partial charge in [-0.1, -0.05) is 18.2 Å². The van der Waals surface area contributed by atoms with E-state index in [0.717, 1.165) is 4.79 Å². The fraction of sp³-hybridized carbons (Fsp3) is 0.545. The number of rotatable bonds is 5. The number of carbonyl (C=O) groups excluding carboxylic acids is 1. The molecule has 1 heterocycles. The maximum absolute atomic E-state index is 13.4. The lowest BCUT2D eigenvalue weighted by atomic mass is 9.85. The number of halogens is 2. The molecule has 0 bridgehead atoms. The van der Waals surface area contributed by atoms with Gasteiger partial charge in [0.15, 0.2) is 0 Å². The van der Waals surface area contributed by atoms with Gasteiger partial charge in [-0.05, 0) is 45.6 Å². The summed E-state index contributed by atoms with van der Waals surface area (Å²) in [6, 6.07) is 6.64. The van der Waals surface area contributed by atoms with E-state index >= 15 is 0 Å². The predicted octanol–water partition coefficient (Wildman–Crippen LogP) is 3.96. The Balaban J connectivity index is 1.87. The Morgan fingerprint density at radius 3 is 2.38 bits per heavy atom. The number of amides is 2. The van der Waals surface area contributed by atoms with Gasteiger partial charge in [-0.25, -0.2) is 19.0 Å². The molecule has 1 aromatic heterocycles. The number of nitrogens with one attached hydrogen (secondary N) is 1. The molecule has 1 fully saturated rings. The largest absolute Gasteiger partial charge is 0.465 e.